The van der Waals surface area contributed by atoms with Crippen molar-refractivity contribution in [3.8, 4) is 0 Å². The average molecular weight is 454 g/mol. The third kappa shape index (κ3) is 4.58. The Morgan fingerprint density at radius 3 is 2.69 bits per heavy atom. The van der Waals surface area contributed by atoms with Gasteiger partial charge in [-0.3, -0.25) is 14.0 Å². The van der Waals surface area contributed by atoms with Crippen LogP contribution in [0.3, 0.4) is 0 Å². The second kappa shape index (κ2) is 9.68. The third-order valence-electron chi connectivity index (χ3n) is 6.83. The molecule has 32 heavy (non-hydrogen) atoms. The zero-order valence-electron chi connectivity index (χ0n) is 18.5. The molecule has 0 bridgehead atoms. The second-order valence-electron chi connectivity index (χ2n) is 8.95. The summed E-state index contributed by atoms with van der Waals surface area (Å²) in [6, 6.07) is 9.72. The summed E-state index contributed by atoms with van der Waals surface area (Å²) in [7, 11) is 0. The van der Waals surface area contributed by atoms with Crippen molar-refractivity contribution in [3.05, 3.63) is 45.6 Å². The molecule has 0 saturated carbocycles. The predicted octanol–water partition coefficient (Wildman–Crippen LogP) is 2.98. The Kier molecular flexibility index (Phi) is 6.52. The standard InChI is InChI=1S/C24H31N5O2S/c30-22-17-21(32-24-26-19-7-2-3-8-20(19)29(22)24)23(31)25-11-6-12-27-15-9-18(10-16-27)28-13-4-1-5-14-28/h2-3,7-8,17-18H,1,4-6,9-16H2,(H,25,31). The lowest BCUT2D eigenvalue weighted by Crippen LogP contribution is -2.47. The van der Waals surface area contributed by atoms with Crippen molar-refractivity contribution in [3.63, 3.8) is 0 Å². The minimum atomic E-state index is -0.214. The van der Waals surface area contributed by atoms with E-state index in [1.165, 1.54) is 62.6 Å². The lowest BCUT2D eigenvalue weighted by molar-refractivity contribution is 0.0904. The maximum Gasteiger partial charge on any atom is 0.261 e. The molecule has 170 valence electrons. The molecule has 1 N–H and O–H groups in total. The molecule has 1 amide bonds. The second-order valence-corrected chi connectivity index (χ2v) is 9.96. The van der Waals surface area contributed by atoms with Gasteiger partial charge in [0, 0.05) is 18.7 Å². The summed E-state index contributed by atoms with van der Waals surface area (Å²) in [6.45, 7) is 6.50. The molecule has 2 aliphatic rings. The lowest BCUT2D eigenvalue weighted by atomic mass is 10.00. The van der Waals surface area contributed by atoms with Crippen molar-refractivity contribution in [1.82, 2.24) is 24.5 Å². The molecular formula is C24H31N5O2S. The highest BCUT2D eigenvalue weighted by molar-refractivity contribution is 7.18. The van der Waals surface area contributed by atoms with Gasteiger partial charge in [-0.2, -0.15) is 0 Å². The van der Waals surface area contributed by atoms with Crippen LogP contribution in [-0.4, -0.2) is 70.4 Å². The van der Waals surface area contributed by atoms with E-state index in [-0.39, 0.29) is 11.5 Å². The van der Waals surface area contributed by atoms with Gasteiger partial charge in [-0.05, 0) is 77.0 Å². The Labute approximate surface area is 192 Å². The first-order chi connectivity index (χ1) is 15.7. The first-order valence-corrected chi connectivity index (χ1v) is 12.7. The van der Waals surface area contributed by atoms with Crippen LogP contribution in [0.2, 0.25) is 0 Å². The predicted molar refractivity (Wildman–Crippen MR) is 129 cm³/mol. The van der Waals surface area contributed by atoms with Gasteiger partial charge in [0.1, 0.15) is 4.88 Å². The van der Waals surface area contributed by atoms with E-state index in [1.54, 1.807) is 4.40 Å². The quantitative estimate of drug-likeness (QED) is 0.581. The van der Waals surface area contributed by atoms with E-state index in [9.17, 15) is 9.59 Å². The summed E-state index contributed by atoms with van der Waals surface area (Å²) < 4.78 is 1.57. The molecule has 2 aliphatic heterocycles. The number of hydrogen-bond donors (Lipinski definition) is 1. The summed E-state index contributed by atoms with van der Waals surface area (Å²) in [4.78, 5) is 35.9. The zero-order chi connectivity index (χ0) is 21.9. The molecule has 2 fully saturated rings. The van der Waals surface area contributed by atoms with E-state index in [4.69, 9.17) is 0 Å². The normalized spacial score (nSPS) is 19.0. The Hall–Kier alpha value is -2.29. The van der Waals surface area contributed by atoms with Gasteiger partial charge in [0.25, 0.3) is 11.5 Å². The maximum atomic E-state index is 12.6. The van der Waals surface area contributed by atoms with Gasteiger partial charge in [0.15, 0.2) is 4.96 Å². The van der Waals surface area contributed by atoms with Crippen LogP contribution < -0.4 is 10.9 Å². The minimum absolute atomic E-state index is 0.189. The van der Waals surface area contributed by atoms with E-state index in [2.05, 4.69) is 20.1 Å². The number of aromatic nitrogens is 2. The number of hydrogen-bond acceptors (Lipinski definition) is 6. The first-order valence-electron chi connectivity index (χ1n) is 11.8. The van der Waals surface area contributed by atoms with Crippen LogP contribution in [0.5, 0.6) is 0 Å². The molecular weight excluding hydrogens is 422 g/mol. The highest BCUT2D eigenvalue weighted by Gasteiger charge is 2.25. The molecule has 2 saturated heterocycles. The number of carbonyl (C=O) groups is 1. The molecule has 3 aromatic rings. The molecule has 5 rings (SSSR count). The van der Waals surface area contributed by atoms with Crippen molar-refractivity contribution in [2.45, 2.75) is 44.6 Å². The molecule has 4 heterocycles. The molecule has 0 spiro atoms. The highest BCUT2D eigenvalue weighted by Crippen LogP contribution is 2.21. The number of nitrogens with zero attached hydrogens (tertiary/aromatic N) is 4. The van der Waals surface area contributed by atoms with E-state index < -0.39 is 0 Å². The van der Waals surface area contributed by atoms with Crippen LogP contribution in [0.4, 0.5) is 0 Å². The number of benzene rings is 1. The van der Waals surface area contributed by atoms with Gasteiger partial charge >= 0.3 is 0 Å². The number of carbonyl (C=O) groups excluding carboxylic acids is 1. The number of nitrogens with one attached hydrogen (secondary N) is 1. The van der Waals surface area contributed by atoms with Crippen LogP contribution in [0.15, 0.2) is 35.1 Å². The van der Waals surface area contributed by atoms with Crippen molar-refractivity contribution in [2.75, 3.05) is 39.3 Å². The molecule has 0 unspecified atom stereocenters. The number of rotatable bonds is 6. The van der Waals surface area contributed by atoms with Crippen LogP contribution in [-0.2, 0) is 0 Å². The smallest absolute Gasteiger partial charge is 0.261 e. The number of likely N-dealkylation sites (tertiary alicyclic amines) is 2. The van der Waals surface area contributed by atoms with E-state index in [0.717, 1.165) is 43.1 Å². The Morgan fingerprint density at radius 1 is 1.09 bits per heavy atom. The molecule has 0 radical (unpaired) electrons. The van der Waals surface area contributed by atoms with Crippen LogP contribution in [0, 0.1) is 0 Å². The summed E-state index contributed by atoms with van der Waals surface area (Å²) in [6.07, 6.45) is 7.56. The van der Waals surface area contributed by atoms with Crippen molar-refractivity contribution >= 4 is 33.2 Å². The number of piperidine rings is 2. The van der Waals surface area contributed by atoms with E-state index >= 15 is 0 Å². The SMILES string of the molecule is O=C(NCCCN1CCC(N2CCCCC2)CC1)c1cc(=O)n2c(nc3ccccc32)s1. The van der Waals surface area contributed by atoms with Crippen LogP contribution >= 0.6 is 11.3 Å². The van der Waals surface area contributed by atoms with Crippen molar-refractivity contribution in [2.24, 2.45) is 0 Å². The molecule has 0 aliphatic carbocycles. The summed E-state index contributed by atoms with van der Waals surface area (Å²) in [5, 5.41) is 2.99. The largest absolute Gasteiger partial charge is 0.351 e. The van der Waals surface area contributed by atoms with Gasteiger partial charge in [0.2, 0.25) is 0 Å². The highest BCUT2D eigenvalue weighted by atomic mass is 32.1. The Balaban J connectivity index is 1.10. The van der Waals surface area contributed by atoms with Gasteiger partial charge in [-0.15, -0.1) is 0 Å². The van der Waals surface area contributed by atoms with Gasteiger partial charge in [-0.1, -0.05) is 29.9 Å². The third-order valence-corrected chi connectivity index (χ3v) is 7.81. The van der Waals surface area contributed by atoms with Gasteiger partial charge in [-0.25, -0.2) is 4.98 Å². The van der Waals surface area contributed by atoms with E-state index in [0.29, 0.717) is 16.4 Å². The molecule has 2 aromatic heterocycles. The Bertz CT molecular complexity index is 1140. The lowest BCUT2D eigenvalue weighted by Gasteiger charge is -2.40. The first kappa shape index (κ1) is 21.6. The minimum Gasteiger partial charge on any atom is -0.351 e. The average Bonchev–Trinajstić information content (AvgIpc) is 3.22. The van der Waals surface area contributed by atoms with Crippen molar-refractivity contribution < 1.29 is 4.79 Å². The molecule has 1 aromatic carbocycles. The fourth-order valence-electron chi connectivity index (χ4n) is 5.09. The number of imidazole rings is 1. The summed E-state index contributed by atoms with van der Waals surface area (Å²) >= 11 is 1.26. The molecule has 0 atom stereocenters. The number of fused-ring (bicyclic) bond motifs is 3. The zero-order valence-corrected chi connectivity index (χ0v) is 19.3. The van der Waals surface area contributed by atoms with E-state index in [1.807, 2.05) is 24.3 Å². The van der Waals surface area contributed by atoms with Gasteiger partial charge in [0.05, 0.1) is 11.0 Å². The monoisotopic (exact) mass is 453 g/mol. The van der Waals surface area contributed by atoms with Crippen LogP contribution in [0.25, 0.3) is 16.0 Å². The van der Waals surface area contributed by atoms with Crippen LogP contribution in [0.1, 0.15) is 48.2 Å². The number of amides is 1. The fraction of sp³-hybridized carbons (Fsp3) is 0.542. The topological polar surface area (TPSA) is 70.0 Å². The van der Waals surface area contributed by atoms with Gasteiger partial charge < -0.3 is 15.1 Å². The number of para-hydroxylation sites is 2. The van der Waals surface area contributed by atoms with Crippen molar-refractivity contribution in [1.29, 1.82) is 0 Å². The Morgan fingerprint density at radius 2 is 1.88 bits per heavy atom. The summed E-state index contributed by atoms with van der Waals surface area (Å²) in [5.41, 5.74) is 1.33. The molecule has 7 nitrogen and oxygen atoms in total. The maximum absolute atomic E-state index is 12.6. The molecule has 8 heteroatoms. The fourth-order valence-corrected chi connectivity index (χ4v) is 6.03. The summed E-state index contributed by atoms with van der Waals surface area (Å²) in [5.74, 6) is -0.189.